The lowest BCUT2D eigenvalue weighted by molar-refractivity contribution is -0.390. The minimum absolute atomic E-state index is 0.0193. The maximum Gasteiger partial charge on any atom is 0.406 e. The second kappa shape index (κ2) is 8.23. The molecule has 0 aliphatic heterocycles. The molecule has 1 aromatic carbocycles. The third-order valence-corrected chi connectivity index (χ3v) is 3.73. The van der Waals surface area contributed by atoms with Crippen LogP contribution >= 0.6 is 0 Å². The highest BCUT2D eigenvalue weighted by Crippen LogP contribution is 2.24. The van der Waals surface area contributed by atoms with Crippen LogP contribution in [-0.4, -0.2) is 22.4 Å². The smallest absolute Gasteiger partial charge is 0.406 e. The molecule has 0 aliphatic carbocycles. The highest BCUT2D eigenvalue weighted by molar-refractivity contribution is 5.78. The molecule has 0 saturated heterocycles. The molecule has 0 aliphatic rings. The van der Waals surface area contributed by atoms with E-state index in [2.05, 4.69) is 10.3 Å². The van der Waals surface area contributed by atoms with Crippen LogP contribution in [0.2, 0.25) is 0 Å². The van der Waals surface area contributed by atoms with Crippen LogP contribution in [0, 0.1) is 24.0 Å². The van der Waals surface area contributed by atoms with Crippen molar-refractivity contribution in [3.05, 3.63) is 63.3 Å². The van der Waals surface area contributed by atoms with Crippen molar-refractivity contribution in [2.75, 3.05) is 6.61 Å². The van der Waals surface area contributed by atoms with Crippen molar-refractivity contribution in [1.82, 2.24) is 10.3 Å². The van der Waals surface area contributed by atoms with Gasteiger partial charge in [0, 0.05) is 6.92 Å². The first-order valence-electron chi connectivity index (χ1n) is 8.01. The van der Waals surface area contributed by atoms with E-state index in [4.69, 9.17) is 4.74 Å². The van der Waals surface area contributed by atoms with E-state index in [1.165, 1.54) is 6.07 Å². The number of amides is 1. The quantitative estimate of drug-likeness (QED) is 0.615. The summed E-state index contributed by atoms with van der Waals surface area (Å²) in [7, 11) is 0. The van der Waals surface area contributed by atoms with E-state index < -0.39 is 10.7 Å². The minimum Gasteiger partial charge on any atom is -0.476 e. The van der Waals surface area contributed by atoms with Gasteiger partial charge < -0.3 is 20.2 Å². The van der Waals surface area contributed by atoms with Crippen LogP contribution in [0.4, 0.5) is 5.82 Å². The number of aromatic nitrogens is 1. The molecule has 1 heterocycles. The van der Waals surface area contributed by atoms with Gasteiger partial charge in [0.15, 0.2) is 6.61 Å². The van der Waals surface area contributed by atoms with Crippen LogP contribution in [0.5, 0.6) is 5.75 Å². The van der Waals surface area contributed by atoms with E-state index in [1.54, 1.807) is 13.0 Å². The normalized spacial score (nSPS) is 11.6. The molecule has 25 heavy (non-hydrogen) atoms. The predicted molar refractivity (Wildman–Crippen MR) is 93.5 cm³/mol. The molecule has 0 radical (unpaired) electrons. The first-order chi connectivity index (χ1) is 11.9. The van der Waals surface area contributed by atoms with Crippen molar-refractivity contribution in [3.63, 3.8) is 0 Å². The summed E-state index contributed by atoms with van der Waals surface area (Å²) in [4.78, 5) is 26.4. The maximum atomic E-state index is 12.1. The fourth-order valence-corrected chi connectivity index (χ4v) is 2.37. The van der Waals surface area contributed by atoms with Gasteiger partial charge in [-0.15, -0.1) is 0 Å². The SMILES string of the molecule is CCC(NC(=O)COc1ccc(C)nc1[N+](=O)[O-])c1ccc(C)cc1. The molecule has 0 fully saturated rings. The molecule has 0 bridgehead atoms. The van der Waals surface area contributed by atoms with Gasteiger partial charge in [0.1, 0.15) is 5.69 Å². The van der Waals surface area contributed by atoms with Gasteiger partial charge in [0.2, 0.25) is 5.75 Å². The van der Waals surface area contributed by atoms with Crippen molar-refractivity contribution >= 4 is 11.7 Å². The highest BCUT2D eigenvalue weighted by atomic mass is 16.6. The fourth-order valence-electron chi connectivity index (χ4n) is 2.37. The monoisotopic (exact) mass is 343 g/mol. The molecule has 1 amide bonds. The summed E-state index contributed by atoms with van der Waals surface area (Å²) in [6, 6.07) is 10.8. The zero-order valence-corrected chi connectivity index (χ0v) is 14.5. The molecule has 1 atom stereocenters. The summed E-state index contributed by atoms with van der Waals surface area (Å²) in [5.74, 6) is -0.755. The average Bonchev–Trinajstić information content (AvgIpc) is 2.59. The van der Waals surface area contributed by atoms with Crippen LogP contribution in [-0.2, 0) is 4.79 Å². The van der Waals surface area contributed by atoms with Crippen LogP contribution in [0.25, 0.3) is 0 Å². The highest BCUT2D eigenvalue weighted by Gasteiger charge is 2.19. The maximum absolute atomic E-state index is 12.1. The summed E-state index contributed by atoms with van der Waals surface area (Å²) < 4.78 is 5.30. The zero-order valence-electron chi connectivity index (χ0n) is 14.5. The second-order valence-corrected chi connectivity index (χ2v) is 5.76. The van der Waals surface area contributed by atoms with Crippen LogP contribution in [0.15, 0.2) is 36.4 Å². The van der Waals surface area contributed by atoms with E-state index in [0.29, 0.717) is 5.69 Å². The van der Waals surface area contributed by atoms with Gasteiger partial charge >= 0.3 is 5.82 Å². The molecule has 0 spiro atoms. The summed E-state index contributed by atoms with van der Waals surface area (Å²) in [6.07, 6.45) is 0.723. The van der Waals surface area contributed by atoms with Gasteiger partial charge in [-0.25, -0.2) is 0 Å². The van der Waals surface area contributed by atoms with Crippen molar-refractivity contribution < 1.29 is 14.5 Å². The van der Waals surface area contributed by atoms with Crippen molar-refractivity contribution in [1.29, 1.82) is 0 Å². The predicted octanol–water partition coefficient (Wildman–Crippen LogP) is 3.25. The Kier molecular flexibility index (Phi) is 6.05. The molecule has 2 rings (SSSR count). The first kappa shape index (κ1) is 18.4. The van der Waals surface area contributed by atoms with Gasteiger partial charge in [-0.3, -0.25) is 4.79 Å². The Balaban J connectivity index is 2.00. The topological polar surface area (TPSA) is 94.4 Å². The number of rotatable bonds is 7. The number of hydrogen-bond donors (Lipinski definition) is 1. The molecule has 1 N–H and O–H groups in total. The van der Waals surface area contributed by atoms with E-state index in [-0.39, 0.29) is 24.3 Å². The molecular weight excluding hydrogens is 322 g/mol. The Bertz CT molecular complexity index is 759. The number of aryl methyl sites for hydroxylation is 2. The van der Waals surface area contributed by atoms with Gasteiger partial charge in [-0.05, 0) is 40.9 Å². The number of carbonyl (C=O) groups excluding carboxylic acids is 1. The molecule has 1 aromatic heterocycles. The molecule has 132 valence electrons. The molecule has 1 unspecified atom stereocenters. The van der Waals surface area contributed by atoms with Crippen LogP contribution in [0.1, 0.15) is 36.2 Å². The Labute approximate surface area is 146 Å². The van der Waals surface area contributed by atoms with Gasteiger partial charge in [-0.1, -0.05) is 36.8 Å². The molecule has 7 heteroatoms. The van der Waals surface area contributed by atoms with E-state index >= 15 is 0 Å². The summed E-state index contributed by atoms with van der Waals surface area (Å²) in [5, 5.41) is 13.9. The first-order valence-corrected chi connectivity index (χ1v) is 8.01. The lowest BCUT2D eigenvalue weighted by Crippen LogP contribution is -2.32. The molecular formula is C18H21N3O4. The third-order valence-electron chi connectivity index (χ3n) is 3.73. The Morgan fingerprint density at radius 2 is 1.92 bits per heavy atom. The van der Waals surface area contributed by atoms with Gasteiger partial charge in [-0.2, -0.15) is 0 Å². The minimum atomic E-state index is -0.624. The van der Waals surface area contributed by atoms with Crippen LogP contribution in [0.3, 0.4) is 0 Å². The summed E-state index contributed by atoms with van der Waals surface area (Å²) >= 11 is 0. The molecule has 2 aromatic rings. The van der Waals surface area contributed by atoms with Crippen molar-refractivity contribution in [2.45, 2.75) is 33.2 Å². The Morgan fingerprint density at radius 1 is 1.24 bits per heavy atom. The number of nitro groups is 1. The standard InChI is InChI=1S/C18H21N3O4/c1-4-15(14-8-5-12(2)6-9-14)20-17(22)11-25-16-10-7-13(3)19-18(16)21(23)24/h5-10,15H,4,11H2,1-3H3,(H,20,22). The number of pyridine rings is 1. The van der Waals surface area contributed by atoms with Crippen molar-refractivity contribution in [2.24, 2.45) is 0 Å². The zero-order chi connectivity index (χ0) is 18.4. The number of carbonyl (C=O) groups is 1. The van der Waals surface area contributed by atoms with E-state index in [0.717, 1.165) is 17.5 Å². The molecule has 0 saturated carbocycles. The fraction of sp³-hybridized carbons (Fsp3) is 0.333. The Morgan fingerprint density at radius 3 is 2.52 bits per heavy atom. The van der Waals surface area contributed by atoms with Crippen LogP contribution < -0.4 is 10.1 Å². The van der Waals surface area contributed by atoms with Crippen molar-refractivity contribution in [3.8, 4) is 5.75 Å². The average molecular weight is 343 g/mol. The number of hydrogen-bond acceptors (Lipinski definition) is 5. The summed E-state index contributed by atoms with van der Waals surface area (Å²) in [6.45, 7) is 5.31. The lowest BCUT2D eigenvalue weighted by Gasteiger charge is -2.18. The Hall–Kier alpha value is -2.96. The number of nitrogens with zero attached hydrogens (tertiary/aromatic N) is 2. The summed E-state index contributed by atoms with van der Waals surface area (Å²) in [5.41, 5.74) is 2.66. The number of ether oxygens (including phenoxy) is 1. The van der Waals surface area contributed by atoms with E-state index in [9.17, 15) is 14.9 Å². The van der Waals surface area contributed by atoms with E-state index in [1.807, 2.05) is 38.1 Å². The largest absolute Gasteiger partial charge is 0.476 e. The molecule has 7 nitrogen and oxygen atoms in total. The number of nitrogens with one attached hydrogen (secondary N) is 1. The van der Waals surface area contributed by atoms with Gasteiger partial charge in [0.25, 0.3) is 5.91 Å². The van der Waals surface area contributed by atoms with Gasteiger partial charge in [0.05, 0.1) is 6.04 Å². The lowest BCUT2D eigenvalue weighted by atomic mass is 10.0. The second-order valence-electron chi connectivity index (χ2n) is 5.76. The number of benzene rings is 1. The third kappa shape index (κ3) is 5.00.